The molecule has 0 heterocycles. The van der Waals surface area contributed by atoms with E-state index < -0.39 is 5.97 Å². The van der Waals surface area contributed by atoms with Gasteiger partial charge in [-0.25, -0.2) is 4.79 Å². The first-order valence-electron chi connectivity index (χ1n) is 13.8. The van der Waals surface area contributed by atoms with E-state index in [0.717, 1.165) is 24.0 Å². The Morgan fingerprint density at radius 2 is 1.48 bits per heavy atom. The molecule has 3 aromatic carbocycles. The maximum Gasteiger partial charge on any atom is 0.339 e. The van der Waals surface area contributed by atoms with Gasteiger partial charge in [-0.15, -0.1) is 0 Å². The molecule has 0 atom stereocenters. The lowest BCUT2D eigenvalue weighted by Crippen LogP contribution is -2.28. The predicted molar refractivity (Wildman–Crippen MR) is 157 cm³/mol. The van der Waals surface area contributed by atoms with Gasteiger partial charge in [0.2, 0.25) is 5.91 Å². The Balaban J connectivity index is 1.68. The summed E-state index contributed by atoms with van der Waals surface area (Å²) in [5, 5.41) is 22.2. The molecule has 3 aromatic rings. The number of carbonyl (C=O) groups excluding carboxylic acids is 2. The van der Waals surface area contributed by atoms with Gasteiger partial charge in [0, 0.05) is 31.3 Å². The Morgan fingerprint density at radius 3 is 2.17 bits per heavy atom. The van der Waals surface area contributed by atoms with E-state index in [1.807, 2.05) is 42.5 Å². The molecule has 0 fully saturated rings. The first-order chi connectivity index (χ1) is 19.4. The average molecular weight is 543 g/mol. The van der Waals surface area contributed by atoms with Crippen LogP contribution in [0.2, 0.25) is 0 Å². The van der Waals surface area contributed by atoms with E-state index in [0.29, 0.717) is 17.7 Å². The molecule has 0 aliphatic carbocycles. The standard InChI is InChI=1S/C33H38N2O5/c1-2-3-4-5-6-10-21-34-32(38)28-17-13-26(14-18-28)23-35(31(37)20-16-25-11-8-7-9-12-25)24-27-15-19-30(36)29(22-27)33(39)40/h7-9,11-20,22,36H,2-6,10,21,23-24H2,1H3,(H,34,38)(H,39,40)/b20-16+. The Bertz CT molecular complexity index is 1290. The molecule has 0 aliphatic rings. The van der Waals surface area contributed by atoms with Crippen LogP contribution >= 0.6 is 0 Å². The van der Waals surface area contributed by atoms with Gasteiger partial charge in [0.15, 0.2) is 0 Å². The van der Waals surface area contributed by atoms with Gasteiger partial charge in [0.25, 0.3) is 5.91 Å². The molecule has 7 heteroatoms. The highest BCUT2D eigenvalue weighted by atomic mass is 16.4. The summed E-state index contributed by atoms with van der Waals surface area (Å²) in [7, 11) is 0. The average Bonchev–Trinajstić information content (AvgIpc) is 2.96. The van der Waals surface area contributed by atoms with Crippen LogP contribution in [0.5, 0.6) is 5.75 Å². The summed E-state index contributed by atoms with van der Waals surface area (Å²) >= 11 is 0. The molecule has 2 amide bonds. The second kappa shape index (κ2) is 15.9. The molecule has 3 rings (SSSR count). The SMILES string of the molecule is CCCCCCCCNC(=O)c1ccc(CN(Cc2ccc(O)c(C(=O)O)c2)C(=O)/C=C/c2ccccc2)cc1. The van der Waals surface area contributed by atoms with Crippen molar-refractivity contribution in [3.63, 3.8) is 0 Å². The molecule has 3 N–H and O–H groups in total. The molecule has 0 radical (unpaired) electrons. The van der Waals surface area contributed by atoms with Gasteiger partial charge < -0.3 is 20.4 Å². The lowest BCUT2D eigenvalue weighted by Gasteiger charge is -2.22. The quantitative estimate of drug-likeness (QED) is 0.152. The summed E-state index contributed by atoms with van der Waals surface area (Å²) in [5.74, 6) is -1.95. The van der Waals surface area contributed by atoms with E-state index in [1.54, 1.807) is 29.2 Å². The van der Waals surface area contributed by atoms with Gasteiger partial charge in [-0.2, -0.15) is 0 Å². The monoisotopic (exact) mass is 542 g/mol. The van der Waals surface area contributed by atoms with Crippen molar-refractivity contribution in [3.8, 4) is 5.75 Å². The highest BCUT2D eigenvalue weighted by Crippen LogP contribution is 2.21. The lowest BCUT2D eigenvalue weighted by molar-refractivity contribution is -0.127. The van der Waals surface area contributed by atoms with E-state index in [1.165, 1.54) is 43.9 Å². The molecule has 7 nitrogen and oxygen atoms in total. The maximum absolute atomic E-state index is 13.2. The molecule has 0 saturated heterocycles. The van der Waals surface area contributed by atoms with Crippen molar-refractivity contribution < 1.29 is 24.6 Å². The van der Waals surface area contributed by atoms with E-state index in [-0.39, 0.29) is 36.2 Å². The first kappa shape index (κ1) is 30.2. The minimum atomic E-state index is -1.24. The van der Waals surface area contributed by atoms with Gasteiger partial charge in [-0.3, -0.25) is 9.59 Å². The zero-order chi connectivity index (χ0) is 28.7. The van der Waals surface area contributed by atoms with Crippen molar-refractivity contribution in [1.29, 1.82) is 0 Å². The summed E-state index contributed by atoms with van der Waals surface area (Å²) < 4.78 is 0. The number of carbonyl (C=O) groups is 3. The van der Waals surface area contributed by atoms with Crippen molar-refractivity contribution in [2.24, 2.45) is 0 Å². The Labute approximate surface area is 236 Å². The third kappa shape index (κ3) is 9.73. The zero-order valence-electron chi connectivity index (χ0n) is 23.0. The molecule has 210 valence electrons. The molecule has 0 bridgehead atoms. The zero-order valence-corrected chi connectivity index (χ0v) is 23.0. The molecule has 0 spiro atoms. The Morgan fingerprint density at radius 1 is 0.825 bits per heavy atom. The van der Waals surface area contributed by atoms with Crippen molar-refractivity contribution in [2.45, 2.75) is 58.5 Å². The van der Waals surface area contributed by atoms with Crippen molar-refractivity contribution in [3.05, 3.63) is 107 Å². The van der Waals surface area contributed by atoms with Crippen molar-refractivity contribution >= 4 is 23.9 Å². The summed E-state index contributed by atoms with van der Waals surface area (Å²) in [6.07, 6.45) is 10.2. The van der Waals surface area contributed by atoms with Crippen LogP contribution in [0.4, 0.5) is 0 Å². The molecule has 0 aromatic heterocycles. The number of amides is 2. The third-order valence-corrected chi connectivity index (χ3v) is 6.60. The third-order valence-electron chi connectivity index (χ3n) is 6.60. The highest BCUT2D eigenvalue weighted by Gasteiger charge is 2.16. The van der Waals surface area contributed by atoms with Gasteiger partial charge in [0.1, 0.15) is 11.3 Å². The number of aromatic hydroxyl groups is 1. The van der Waals surface area contributed by atoms with E-state index in [4.69, 9.17) is 0 Å². The number of benzene rings is 3. The van der Waals surface area contributed by atoms with E-state index >= 15 is 0 Å². The lowest BCUT2D eigenvalue weighted by atomic mass is 10.1. The van der Waals surface area contributed by atoms with Crippen LogP contribution in [0, 0.1) is 0 Å². The van der Waals surface area contributed by atoms with Crippen LogP contribution in [0.25, 0.3) is 6.08 Å². The van der Waals surface area contributed by atoms with Crippen LogP contribution in [0.15, 0.2) is 78.9 Å². The van der Waals surface area contributed by atoms with Crippen LogP contribution < -0.4 is 5.32 Å². The topological polar surface area (TPSA) is 107 Å². The molecule has 0 aliphatic heterocycles. The normalized spacial score (nSPS) is 10.9. The van der Waals surface area contributed by atoms with Crippen molar-refractivity contribution in [1.82, 2.24) is 10.2 Å². The van der Waals surface area contributed by atoms with Crippen LogP contribution in [0.3, 0.4) is 0 Å². The smallest absolute Gasteiger partial charge is 0.339 e. The first-order valence-corrected chi connectivity index (χ1v) is 13.8. The fourth-order valence-electron chi connectivity index (χ4n) is 4.31. The molecule has 0 saturated carbocycles. The predicted octanol–water partition coefficient (Wildman–Crippen LogP) is 6.42. The number of carboxylic acids is 1. The fourth-order valence-corrected chi connectivity index (χ4v) is 4.31. The summed E-state index contributed by atoms with van der Waals surface area (Å²) in [6.45, 7) is 3.23. The van der Waals surface area contributed by atoms with Crippen LogP contribution in [-0.4, -0.2) is 39.4 Å². The number of phenols is 1. The van der Waals surface area contributed by atoms with Crippen LogP contribution in [-0.2, 0) is 17.9 Å². The van der Waals surface area contributed by atoms with Crippen LogP contribution in [0.1, 0.15) is 82.9 Å². The Kier molecular flexibility index (Phi) is 12.0. The van der Waals surface area contributed by atoms with Crippen molar-refractivity contribution in [2.75, 3.05) is 6.54 Å². The van der Waals surface area contributed by atoms with Gasteiger partial charge in [0.05, 0.1) is 0 Å². The second-order valence-electron chi connectivity index (χ2n) is 9.82. The number of rotatable bonds is 15. The summed E-state index contributed by atoms with van der Waals surface area (Å²) in [5.41, 5.74) is 2.61. The van der Waals surface area contributed by atoms with Gasteiger partial charge in [-0.05, 0) is 53.5 Å². The van der Waals surface area contributed by atoms with E-state index in [9.17, 15) is 24.6 Å². The number of unbranched alkanes of at least 4 members (excludes halogenated alkanes) is 5. The molecule has 0 unspecified atom stereocenters. The molecule has 40 heavy (non-hydrogen) atoms. The molecular weight excluding hydrogens is 504 g/mol. The van der Waals surface area contributed by atoms with E-state index in [2.05, 4.69) is 12.2 Å². The minimum absolute atomic E-state index is 0.121. The second-order valence-corrected chi connectivity index (χ2v) is 9.82. The number of hydrogen-bond donors (Lipinski definition) is 3. The summed E-state index contributed by atoms with van der Waals surface area (Å²) in [4.78, 5) is 38.8. The summed E-state index contributed by atoms with van der Waals surface area (Å²) in [6, 6.07) is 20.9. The Hall–Kier alpha value is -4.39. The minimum Gasteiger partial charge on any atom is -0.507 e. The number of carboxylic acid groups (broad SMARTS) is 1. The molecular formula is C33H38N2O5. The number of aromatic carboxylic acids is 1. The maximum atomic E-state index is 13.2. The van der Waals surface area contributed by atoms with Gasteiger partial charge in [-0.1, -0.05) is 87.6 Å². The van der Waals surface area contributed by atoms with Gasteiger partial charge >= 0.3 is 5.97 Å². The highest BCUT2D eigenvalue weighted by molar-refractivity contribution is 5.94. The number of hydrogen-bond acceptors (Lipinski definition) is 4. The largest absolute Gasteiger partial charge is 0.507 e. The number of nitrogens with zero attached hydrogens (tertiary/aromatic N) is 1. The fraction of sp³-hybridized carbons (Fsp3) is 0.303. The number of nitrogens with one attached hydrogen (secondary N) is 1.